The molecule has 0 saturated carbocycles. The Balaban J connectivity index is 1.82. The molecule has 2 fully saturated rings. The molecule has 0 aliphatic carbocycles. The summed E-state index contributed by atoms with van der Waals surface area (Å²) < 4.78 is 5.55. The summed E-state index contributed by atoms with van der Waals surface area (Å²) in [5.41, 5.74) is 0. The summed E-state index contributed by atoms with van der Waals surface area (Å²) in [7, 11) is 0. The van der Waals surface area contributed by atoms with E-state index in [0.717, 1.165) is 25.9 Å². The summed E-state index contributed by atoms with van der Waals surface area (Å²) in [5, 5.41) is 18.5. The predicted molar refractivity (Wildman–Crippen MR) is 66.6 cm³/mol. The van der Waals surface area contributed by atoms with Gasteiger partial charge in [0.05, 0.1) is 12.2 Å². The van der Waals surface area contributed by atoms with Crippen LogP contribution in [-0.2, 0) is 14.3 Å². The molecule has 2 saturated heterocycles. The average Bonchev–Trinajstić information content (AvgIpc) is 2.79. The largest absolute Gasteiger partial charge is 0.480 e. The molecule has 2 aliphatic heterocycles. The molecular formula is C13H21NO5. The highest BCUT2D eigenvalue weighted by Gasteiger charge is 2.38. The van der Waals surface area contributed by atoms with Crippen molar-refractivity contribution in [1.82, 2.24) is 4.90 Å². The molecule has 0 bridgehead atoms. The third-order valence-electron chi connectivity index (χ3n) is 3.84. The number of carbonyl (C=O) groups excluding carboxylic acids is 1. The van der Waals surface area contributed by atoms with Crippen molar-refractivity contribution >= 4 is 11.9 Å². The molecule has 0 radical (unpaired) electrons. The lowest BCUT2D eigenvalue weighted by Gasteiger charge is -2.25. The van der Waals surface area contributed by atoms with E-state index in [1.165, 1.54) is 4.90 Å². The summed E-state index contributed by atoms with van der Waals surface area (Å²) in [5.74, 6) is -1.24. The second-order valence-corrected chi connectivity index (χ2v) is 5.32. The van der Waals surface area contributed by atoms with Crippen molar-refractivity contribution in [2.75, 3.05) is 13.2 Å². The number of likely N-dealkylation sites (tertiary alicyclic amines) is 1. The minimum absolute atomic E-state index is 0.119. The van der Waals surface area contributed by atoms with Gasteiger partial charge in [0.25, 0.3) is 0 Å². The third kappa shape index (κ3) is 3.67. The first-order valence-electron chi connectivity index (χ1n) is 6.90. The maximum Gasteiger partial charge on any atom is 0.326 e. The van der Waals surface area contributed by atoms with E-state index >= 15 is 0 Å². The van der Waals surface area contributed by atoms with Crippen LogP contribution in [0.25, 0.3) is 0 Å². The number of amides is 1. The van der Waals surface area contributed by atoms with Gasteiger partial charge in [0.1, 0.15) is 6.04 Å². The molecular weight excluding hydrogens is 250 g/mol. The number of nitrogens with zero attached hydrogens (tertiary/aromatic N) is 1. The molecule has 3 atom stereocenters. The number of hydrogen-bond donors (Lipinski definition) is 2. The van der Waals surface area contributed by atoms with Crippen LogP contribution < -0.4 is 0 Å². The Hall–Kier alpha value is -1.14. The van der Waals surface area contributed by atoms with Crippen molar-refractivity contribution in [3.63, 3.8) is 0 Å². The lowest BCUT2D eigenvalue weighted by molar-refractivity contribution is -0.148. The summed E-state index contributed by atoms with van der Waals surface area (Å²) in [6, 6.07) is -0.880. The van der Waals surface area contributed by atoms with Crippen LogP contribution in [0.5, 0.6) is 0 Å². The van der Waals surface area contributed by atoms with E-state index in [4.69, 9.17) is 9.84 Å². The quantitative estimate of drug-likeness (QED) is 0.772. The molecule has 0 aromatic rings. The average molecular weight is 271 g/mol. The third-order valence-corrected chi connectivity index (χ3v) is 3.84. The number of carboxylic acids is 1. The molecule has 1 unspecified atom stereocenters. The maximum absolute atomic E-state index is 12.0. The van der Waals surface area contributed by atoms with Crippen LogP contribution in [0.15, 0.2) is 0 Å². The molecule has 0 aromatic heterocycles. The number of hydrogen-bond acceptors (Lipinski definition) is 4. The summed E-state index contributed by atoms with van der Waals surface area (Å²) >= 11 is 0. The Morgan fingerprint density at radius 2 is 2.11 bits per heavy atom. The number of β-amino-alcohol motifs (C(OH)–C–C–N with tert-alkyl or cyclic N) is 1. The first-order valence-corrected chi connectivity index (χ1v) is 6.90. The standard InChI is InChI=1S/C13H21NO5/c15-9-7-11(13(17)18)14(8-9)12(16)5-4-10-3-1-2-6-19-10/h9-11,15H,1-8H2,(H,17,18)/t9-,10?,11+/m1/s1. The van der Waals surface area contributed by atoms with Crippen molar-refractivity contribution in [2.24, 2.45) is 0 Å². The zero-order valence-corrected chi connectivity index (χ0v) is 11.0. The lowest BCUT2D eigenvalue weighted by atomic mass is 10.0. The second kappa shape index (κ2) is 6.34. The minimum atomic E-state index is -1.04. The number of carboxylic acid groups (broad SMARTS) is 1. The van der Waals surface area contributed by atoms with Gasteiger partial charge in [0.2, 0.25) is 5.91 Å². The van der Waals surface area contributed by atoms with Gasteiger partial charge in [0, 0.05) is 26.0 Å². The Bertz CT molecular complexity index is 340. The monoisotopic (exact) mass is 271 g/mol. The fourth-order valence-electron chi connectivity index (χ4n) is 2.79. The van der Waals surface area contributed by atoms with Gasteiger partial charge >= 0.3 is 5.97 Å². The Kier molecular flexibility index (Phi) is 4.76. The van der Waals surface area contributed by atoms with Crippen LogP contribution in [0, 0.1) is 0 Å². The summed E-state index contributed by atoms with van der Waals surface area (Å²) in [6.07, 6.45) is 3.62. The molecule has 2 heterocycles. The van der Waals surface area contributed by atoms with Crippen molar-refractivity contribution in [1.29, 1.82) is 0 Å². The molecule has 6 nitrogen and oxygen atoms in total. The highest BCUT2D eigenvalue weighted by Crippen LogP contribution is 2.22. The van der Waals surface area contributed by atoms with E-state index in [1.54, 1.807) is 0 Å². The number of aliphatic hydroxyl groups is 1. The van der Waals surface area contributed by atoms with Crippen LogP contribution >= 0.6 is 0 Å². The van der Waals surface area contributed by atoms with E-state index in [-0.39, 0.29) is 25.0 Å². The van der Waals surface area contributed by atoms with E-state index in [0.29, 0.717) is 12.8 Å². The molecule has 108 valence electrons. The van der Waals surface area contributed by atoms with E-state index < -0.39 is 18.1 Å². The van der Waals surface area contributed by atoms with Crippen molar-refractivity contribution in [3.8, 4) is 0 Å². The number of aliphatic hydroxyl groups excluding tert-OH is 1. The zero-order valence-electron chi connectivity index (χ0n) is 11.0. The van der Waals surface area contributed by atoms with Gasteiger partial charge in [0.15, 0.2) is 0 Å². The van der Waals surface area contributed by atoms with Gasteiger partial charge in [-0.1, -0.05) is 0 Å². The van der Waals surface area contributed by atoms with E-state index in [1.807, 2.05) is 0 Å². The van der Waals surface area contributed by atoms with Gasteiger partial charge in [-0.2, -0.15) is 0 Å². The number of rotatable bonds is 4. The number of ether oxygens (including phenoxy) is 1. The number of aliphatic carboxylic acids is 1. The van der Waals surface area contributed by atoms with Crippen LogP contribution in [0.1, 0.15) is 38.5 Å². The highest BCUT2D eigenvalue weighted by molar-refractivity contribution is 5.84. The van der Waals surface area contributed by atoms with Gasteiger partial charge in [-0.3, -0.25) is 4.79 Å². The molecule has 1 amide bonds. The van der Waals surface area contributed by atoms with Crippen LogP contribution in [0.2, 0.25) is 0 Å². The zero-order chi connectivity index (χ0) is 13.8. The van der Waals surface area contributed by atoms with Crippen LogP contribution in [0.3, 0.4) is 0 Å². The normalized spacial score (nSPS) is 31.4. The summed E-state index contributed by atoms with van der Waals surface area (Å²) in [4.78, 5) is 24.4. The van der Waals surface area contributed by atoms with E-state index in [2.05, 4.69) is 0 Å². The molecule has 6 heteroatoms. The minimum Gasteiger partial charge on any atom is -0.480 e. The second-order valence-electron chi connectivity index (χ2n) is 5.32. The van der Waals surface area contributed by atoms with Crippen molar-refractivity contribution in [2.45, 2.75) is 56.8 Å². The molecule has 0 aromatic carbocycles. The Morgan fingerprint density at radius 3 is 2.74 bits per heavy atom. The SMILES string of the molecule is O=C(O)[C@@H]1C[C@@H](O)CN1C(=O)CCC1CCCCO1. The predicted octanol–water partition coefficient (Wildman–Crippen LogP) is 0.382. The molecule has 0 spiro atoms. The smallest absolute Gasteiger partial charge is 0.326 e. The fourth-order valence-corrected chi connectivity index (χ4v) is 2.79. The lowest BCUT2D eigenvalue weighted by Crippen LogP contribution is -2.40. The Labute approximate surface area is 112 Å². The first-order chi connectivity index (χ1) is 9.08. The molecule has 19 heavy (non-hydrogen) atoms. The summed E-state index contributed by atoms with van der Waals surface area (Å²) in [6.45, 7) is 0.875. The van der Waals surface area contributed by atoms with Gasteiger partial charge < -0.3 is 19.8 Å². The van der Waals surface area contributed by atoms with Crippen molar-refractivity contribution < 1.29 is 24.5 Å². The Morgan fingerprint density at radius 1 is 1.32 bits per heavy atom. The molecule has 2 N–H and O–H groups in total. The maximum atomic E-state index is 12.0. The molecule has 2 aliphatic rings. The van der Waals surface area contributed by atoms with Gasteiger partial charge in [-0.15, -0.1) is 0 Å². The van der Waals surface area contributed by atoms with E-state index in [9.17, 15) is 14.7 Å². The van der Waals surface area contributed by atoms with Gasteiger partial charge in [-0.25, -0.2) is 4.79 Å². The van der Waals surface area contributed by atoms with Crippen molar-refractivity contribution in [3.05, 3.63) is 0 Å². The first kappa shape index (κ1) is 14.3. The number of carbonyl (C=O) groups is 2. The van der Waals surface area contributed by atoms with Crippen LogP contribution in [-0.4, -0.2) is 58.4 Å². The van der Waals surface area contributed by atoms with Crippen LogP contribution in [0.4, 0.5) is 0 Å². The topological polar surface area (TPSA) is 87.1 Å². The highest BCUT2D eigenvalue weighted by atomic mass is 16.5. The fraction of sp³-hybridized carbons (Fsp3) is 0.846. The molecule has 2 rings (SSSR count). The van der Waals surface area contributed by atoms with Gasteiger partial charge in [-0.05, 0) is 25.7 Å².